The van der Waals surface area contributed by atoms with Gasteiger partial charge in [-0.1, -0.05) is 30.7 Å². The smallest absolute Gasteiger partial charge is 0.274 e. The highest BCUT2D eigenvalue weighted by atomic mass is 16.6. The first-order chi connectivity index (χ1) is 13.9. The van der Waals surface area contributed by atoms with Crippen LogP contribution in [-0.4, -0.2) is 18.1 Å². The van der Waals surface area contributed by atoms with Crippen LogP contribution in [0.15, 0.2) is 70.8 Å². The topological polar surface area (TPSA) is 70.6 Å². The van der Waals surface area contributed by atoms with Crippen LogP contribution in [0.25, 0.3) is 0 Å². The van der Waals surface area contributed by atoms with Gasteiger partial charge in [0, 0.05) is 24.1 Å². The summed E-state index contributed by atoms with van der Waals surface area (Å²) in [6.45, 7) is 8.22. The molecule has 0 bridgehead atoms. The highest BCUT2D eigenvalue weighted by molar-refractivity contribution is 5.93. The third kappa shape index (κ3) is 5.84. The molecule has 1 aliphatic rings. The van der Waals surface area contributed by atoms with Crippen molar-refractivity contribution in [3.8, 4) is 0 Å². The largest absolute Gasteiger partial charge is 0.512 e. The minimum Gasteiger partial charge on any atom is -0.512 e. The Bertz CT molecular complexity index is 863. The predicted molar refractivity (Wildman–Crippen MR) is 117 cm³/mol. The molecule has 156 valence electrons. The summed E-state index contributed by atoms with van der Waals surface area (Å²) in [7, 11) is 1.42. The lowest BCUT2D eigenvalue weighted by Gasteiger charge is -2.26. The van der Waals surface area contributed by atoms with Crippen LogP contribution in [0.3, 0.4) is 0 Å². The quantitative estimate of drug-likeness (QED) is 0.513. The molecule has 0 aromatic heterocycles. The van der Waals surface area contributed by atoms with Crippen LogP contribution >= 0.6 is 0 Å². The fraction of sp³-hybridized carbons (Fsp3) is 0.375. The zero-order valence-electron chi connectivity index (χ0n) is 18.0. The van der Waals surface area contributed by atoms with Crippen molar-refractivity contribution in [3.63, 3.8) is 0 Å². The number of hydroxylamine groups is 1. The monoisotopic (exact) mass is 396 g/mol. The van der Waals surface area contributed by atoms with Gasteiger partial charge in [0.2, 0.25) is 0 Å². The molecule has 1 aromatic carbocycles. The van der Waals surface area contributed by atoms with Gasteiger partial charge in [-0.15, -0.1) is 0 Å². The first-order valence-electron chi connectivity index (χ1n) is 9.99. The van der Waals surface area contributed by atoms with Crippen molar-refractivity contribution in [2.45, 2.75) is 52.9 Å². The summed E-state index contributed by atoms with van der Waals surface area (Å²) in [5.41, 5.74) is 8.21. The molecule has 0 heterocycles. The normalized spacial score (nSPS) is 16.4. The minimum atomic E-state index is -0.290. The Morgan fingerprint density at radius 1 is 1.31 bits per heavy atom. The molecule has 5 nitrogen and oxygen atoms in total. The average molecular weight is 397 g/mol. The van der Waals surface area contributed by atoms with Gasteiger partial charge in [-0.25, -0.2) is 5.48 Å². The molecule has 29 heavy (non-hydrogen) atoms. The summed E-state index contributed by atoms with van der Waals surface area (Å²) in [6, 6.07) is 7.52. The number of amides is 1. The molecule has 2 rings (SSSR count). The molecule has 1 aromatic rings. The van der Waals surface area contributed by atoms with Gasteiger partial charge in [-0.05, 0) is 74.2 Å². The Morgan fingerprint density at radius 2 is 2.07 bits per heavy atom. The van der Waals surface area contributed by atoms with E-state index < -0.39 is 0 Å². The second-order valence-electron chi connectivity index (χ2n) is 7.36. The molecule has 0 radical (unpaired) electrons. The average Bonchev–Trinajstić information content (AvgIpc) is 2.71. The van der Waals surface area contributed by atoms with Gasteiger partial charge < -0.3 is 10.4 Å². The number of allylic oxidation sites excluding steroid dienone is 6. The summed E-state index contributed by atoms with van der Waals surface area (Å²) in [6.07, 6.45) is 8.63. The standard InChI is InChI=1S/C24H32N2O3/c1-6-16(2)14-25-15-17(3)23(21-11-8-12-22(27)18(21)4)19-9-7-10-20(13-19)24(28)26-29-5/h7,9-11,13-15,23,25,27H,6,8,12H2,1-5H3,(H,26,28)/b16-14+,17-15+. The van der Waals surface area contributed by atoms with Crippen molar-refractivity contribution < 1.29 is 14.7 Å². The first-order valence-corrected chi connectivity index (χ1v) is 9.99. The van der Waals surface area contributed by atoms with E-state index in [1.54, 1.807) is 6.07 Å². The van der Waals surface area contributed by atoms with Crippen molar-refractivity contribution in [2.24, 2.45) is 0 Å². The van der Waals surface area contributed by atoms with Gasteiger partial charge in [-0.3, -0.25) is 9.63 Å². The Balaban J connectivity index is 2.48. The third-order valence-electron chi connectivity index (χ3n) is 5.25. The van der Waals surface area contributed by atoms with Gasteiger partial charge in [0.15, 0.2) is 0 Å². The second-order valence-corrected chi connectivity index (χ2v) is 7.36. The maximum atomic E-state index is 12.2. The molecular weight excluding hydrogens is 364 g/mol. The third-order valence-corrected chi connectivity index (χ3v) is 5.25. The Kier molecular flexibility index (Phi) is 8.28. The van der Waals surface area contributed by atoms with Crippen LogP contribution in [0.2, 0.25) is 0 Å². The number of hydrogen-bond donors (Lipinski definition) is 3. The number of nitrogens with one attached hydrogen (secondary N) is 2. The van der Waals surface area contributed by atoms with Crippen molar-refractivity contribution in [2.75, 3.05) is 7.11 Å². The van der Waals surface area contributed by atoms with Gasteiger partial charge in [0.1, 0.15) is 0 Å². The second kappa shape index (κ2) is 10.7. The van der Waals surface area contributed by atoms with Crippen molar-refractivity contribution in [1.29, 1.82) is 0 Å². The van der Waals surface area contributed by atoms with E-state index in [-0.39, 0.29) is 11.8 Å². The SMILES string of the molecule is CC/C(C)=C/N/C=C(\C)C(C1=CCCC(O)=C1C)c1cccc(C(=O)NOC)c1. The first kappa shape index (κ1) is 22.5. The molecule has 0 aliphatic heterocycles. The minimum absolute atomic E-state index is 0.0735. The Labute approximate surface area is 173 Å². The van der Waals surface area contributed by atoms with E-state index in [0.717, 1.165) is 35.1 Å². The molecular formula is C24H32N2O3. The number of aliphatic hydroxyl groups is 1. The number of carbonyl (C=O) groups excluding carboxylic acids is 1. The van der Waals surface area contributed by atoms with E-state index in [4.69, 9.17) is 4.84 Å². The van der Waals surface area contributed by atoms with Crippen molar-refractivity contribution >= 4 is 5.91 Å². The molecule has 0 fully saturated rings. The number of rotatable bonds is 8. The predicted octanol–water partition coefficient (Wildman–Crippen LogP) is 5.42. The molecule has 1 atom stereocenters. The zero-order chi connectivity index (χ0) is 21.4. The highest BCUT2D eigenvalue weighted by Gasteiger charge is 2.24. The molecule has 0 saturated heterocycles. The summed E-state index contributed by atoms with van der Waals surface area (Å²) >= 11 is 0. The molecule has 1 unspecified atom stereocenters. The lowest BCUT2D eigenvalue weighted by atomic mass is 9.79. The van der Waals surface area contributed by atoms with Crippen LogP contribution in [-0.2, 0) is 4.84 Å². The molecule has 0 spiro atoms. The maximum Gasteiger partial charge on any atom is 0.274 e. The zero-order valence-corrected chi connectivity index (χ0v) is 18.0. The number of carbonyl (C=O) groups is 1. The highest BCUT2D eigenvalue weighted by Crippen LogP contribution is 2.39. The number of hydrogen-bond acceptors (Lipinski definition) is 4. The van der Waals surface area contributed by atoms with E-state index in [2.05, 4.69) is 37.6 Å². The van der Waals surface area contributed by atoms with E-state index in [0.29, 0.717) is 17.7 Å². The lowest BCUT2D eigenvalue weighted by Crippen LogP contribution is -2.22. The summed E-state index contributed by atoms with van der Waals surface area (Å²) in [5, 5.41) is 13.6. The number of aliphatic hydroxyl groups excluding tert-OH is 1. The van der Waals surface area contributed by atoms with Crippen molar-refractivity contribution in [1.82, 2.24) is 10.8 Å². The Hall–Kier alpha value is -2.79. The van der Waals surface area contributed by atoms with Gasteiger partial charge >= 0.3 is 0 Å². The Morgan fingerprint density at radius 3 is 2.76 bits per heavy atom. The summed E-state index contributed by atoms with van der Waals surface area (Å²) < 4.78 is 0. The van der Waals surface area contributed by atoms with E-state index in [1.807, 2.05) is 37.5 Å². The van der Waals surface area contributed by atoms with Gasteiger partial charge in [0.25, 0.3) is 5.91 Å². The van der Waals surface area contributed by atoms with E-state index >= 15 is 0 Å². The summed E-state index contributed by atoms with van der Waals surface area (Å²) in [5.74, 6) is 0.0703. The van der Waals surface area contributed by atoms with E-state index in [9.17, 15) is 9.90 Å². The lowest BCUT2D eigenvalue weighted by molar-refractivity contribution is 0.0537. The van der Waals surface area contributed by atoms with Crippen LogP contribution in [0, 0.1) is 0 Å². The molecule has 1 amide bonds. The molecule has 0 saturated carbocycles. The van der Waals surface area contributed by atoms with Crippen LogP contribution in [0.4, 0.5) is 0 Å². The fourth-order valence-electron chi connectivity index (χ4n) is 3.41. The van der Waals surface area contributed by atoms with Crippen LogP contribution in [0.5, 0.6) is 0 Å². The van der Waals surface area contributed by atoms with Gasteiger partial charge in [-0.2, -0.15) is 0 Å². The molecule has 3 N–H and O–H groups in total. The maximum absolute atomic E-state index is 12.2. The molecule has 1 aliphatic carbocycles. The van der Waals surface area contributed by atoms with Gasteiger partial charge in [0.05, 0.1) is 12.9 Å². The number of benzene rings is 1. The van der Waals surface area contributed by atoms with Crippen LogP contribution in [0.1, 0.15) is 68.8 Å². The fourth-order valence-corrected chi connectivity index (χ4v) is 3.41. The van der Waals surface area contributed by atoms with Crippen LogP contribution < -0.4 is 10.8 Å². The molecule has 5 heteroatoms. The summed E-state index contributed by atoms with van der Waals surface area (Å²) in [4.78, 5) is 17.0. The van der Waals surface area contributed by atoms with Crippen molar-refractivity contribution in [3.05, 3.63) is 81.9 Å². The van der Waals surface area contributed by atoms with E-state index in [1.165, 1.54) is 12.7 Å².